The number of carbonyl (C=O) groups is 2. The van der Waals surface area contributed by atoms with Gasteiger partial charge in [0.15, 0.2) is 0 Å². The molecule has 5 nitrogen and oxygen atoms in total. The summed E-state index contributed by atoms with van der Waals surface area (Å²) in [5.41, 5.74) is 1.83. The Kier molecular flexibility index (Phi) is 6.02. The monoisotopic (exact) mass is 264 g/mol. The zero-order valence-corrected chi connectivity index (χ0v) is 11.6. The van der Waals surface area contributed by atoms with Crippen LogP contribution in [-0.2, 0) is 14.3 Å². The van der Waals surface area contributed by atoms with Crippen LogP contribution in [0.15, 0.2) is 24.3 Å². The van der Waals surface area contributed by atoms with Crippen molar-refractivity contribution in [1.29, 1.82) is 0 Å². The molecule has 2 amide bonds. The SMILES string of the molecule is COCCNC(=O)CN(C(C)=O)c1ccc(C)cc1. The van der Waals surface area contributed by atoms with Gasteiger partial charge in [0.1, 0.15) is 6.54 Å². The molecule has 1 N–H and O–H groups in total. The van der Waals surface area contributed by atoms with Crippen LogP contribution in [0.1, 0.15) is 12.5 Å². The number of ether oxygens (including phenoxy) is 1. The molecule has 19 heavy (non-hydrogen) atoms. The Morgan fingerprint density at radius 2 is 1.89 bits per heavy atom. The normalized spacial score (nSPS) is 10.1. The summed E-state index contributed by atoms with van der Waals surface area (Å²) in [7, 11) is 1.57. The lowest BCUT2D eigenvalue weighted by Crippen LogP contribution is -2.40. The molecule has 0 heterocycles. The summed E-state index contributed by atoms with van der Waals surface area (Å²) >= 11 is 0. The lowest BCUT2D eigenvalue weighted by atomic mass is 10.2. The summed E-state index contributed by atoms with van der Waals surface area (Å²) in [6, 6.07) is 7.49. The Balaban J connectivity index is 2.65. The van der Waals surface area contributed by atoms with Crippen molar-refractivity contribution < 1.29 is 14.3 Å². The van der Waals surface area contributed by atoms with Gasteiger partial charge in [-0.05, 0) is 19.1 Å². The highest BCUT2D eigenvalue weighted by Gasteiger charge is 2.15. The van der Waals surface area contributed by atoms with Crippen LogP contribution < -0.4 is 10.2 Å². The van der Waals surface area contributed by atoms with Crippen LogP contribution in [0.2, 0.25) is 0 Å². The van der Waals surface area contributed by atoms with E-state index in [1.54, 1.807) is 7.11 Å². The number of anilines is 1. The summed E-state index contributed by atoms with van der Waals surface area (Å²) in [6.45, 7) is 4.33. The van der Waals surface area contributed by atoms with Crippen molar-refractivity contribution in [3.05, 3.63) is 29.8 Å². The van der Waals surface area contributed by atoms with Crippen LogP contribution in [0.5, 0.6) is 0 Å². The van der Waals surface area contributed by atoms with E-state index >= 15 is 0 Å². The molecule has 0 unspecified atom stereocenters. The average molecular weight is 264 g/mol. The predicted molar refractivity (Wildman–Crippen MR) is 74.1 cm³/mol. The molecule has 0 aliphatic rings. The van der Waals surface area contributed by atoms with E-state index in [0.29, 0.717) is 13.2 Å². The van der Waals surface area contributed by atoms with E-state index in [1.807, 2.05) is 31.2 Å². The zero-order chi connectivity index (χ0) is 14.3. The third kappa shape index (κ3) is 5.09. The number of hydrogen-bond acceptors (Lipinski definition) is 3. The summed E-state index contributed by atoms with van der Waals surface area (Å²) in [5, 5.41) is 2.69. The second-order valence-electron chi connectivity index (χ2n) is 4.28. The van der Waals surface area contributed by atoms with Gasteiger partial charge in [-0.2, -0.15) is 0 Å². The molecule has 0 saturated carbocycles. The Morgan fingerprint density at radius 1 is 1.26 bits per heavy atom. The Hall–Kier alpha value is -1.88. The van der Waals surface area contributed by atoms with Gasteiger partial charge in [0.05, 0.1) is 6.61 Å². The van der Waals surface area contributed by atoms with E-state index in [0.717, 1.165) is 11.3 Å². The first-order chi connectivity index (χ1) is 9.04. The van der Waals surface area contributed by atoms with Crippen molar-refractivity contribution in [2.75, 3.05) is 31.7 Å². The van der Waals surface area contributed by atoms with Crippen LogP contribution in [0.25, 0.3) is 0 Å². The van der Waals surface area contributed by atoms with Crippen molar-refractivity contribution in [3.8, 4) is 0 Å². The molecule has 0 radical (unpaired) electrons. The highest BCUT2D eigenvalue weighted by atomic mass is 16.5. The quantitative estimate of drug-likeness (QED) is 0.783. The largest absolute Gasteiger partial charge is 0.383 e. The second kappa shape index (κ2) is 7.53. The minimum Gasteiger partial charge on any atom is -0.383 e. The molecule has 104 valence electrons. The van der Waals surface area contributed by atoms with Crippen molar-refractivity contribution in [3.63, 3.8) is 0 Å². The molecule has 1 aromatic carbocycles. The second-order valence-corrected chi connectivity index (χ2v) is 4.28. The van der Waals surface area contributed by atoms with E-state index < -0.39 is 0 Å². The van der Waals surface area contributed by atoms with Gasteiger partial charge < -0.3 is 15.0 Å². The zero-order valence-electron chi connectivity index (χ0n) is 11.6. The fourth-order valence-electron chi connectivity index (χ4n) is 1.60. The summed E-state index contributed by atoms with van der Waals surface area (Å²) < 4.78 is 4.85. The van der Waals surface area contributed by atoms with Gasteiger partial charge in [0, 0.05) is 26.3 Å². The molecule has 0 aliphatic carbocycles. The predicted octanol–water partition coefficient (Wildman–Crippen LogP) is 1.11. The molecule has 0 aromatic heterocycles. The van der Waals surface area contributed by atoms with Gasteiger partial charge in [-0.25, -0.2) is 0 Å². The van der Waals surface area contributed by atoms with Crippen LogP contribution >= 0.6 is 0 Å². The molecule has 0 aliphatic heterocycles. The Labute approximate surface area is 113 Å². The molecule has 0 spiro atoms. The van der Waals surface area contributed by atoms with Crippen molar-refractivity contribution in [1.82, 2.24) is 5.32 Å². The molecule has 0 saturated heterocycles. The van der Waals surface area contributed by atoms with Crippen LogP contribution in [0.4, 0.5) is 5.69 Å². The maximum absolute atomic E-state index is 11.7. The smallest absolute Gasteiger partial charge is 0.240 e. The molecule has 0 fully saturated rings. The maximum atomic E-state index is 11.7. The maximum Gasteiger partial charge on any atom is 0.240 e. The van der Waals surface area contributed by atoms with E-state index in [9.17, 15) is 9.59 Å². The first kappa shape index (κ1) is 15.2. The summed E-state index contributed by atoms with van der Waals surface area (Å²) in [5.74, 6) is -0.362. The highest BCUT2D eigenvalue weighted by Crippen LogP contribution is 2.14. The van der Waals surface area contributed by atoms with Crippen LogP contribution in [0, 0.1) is 6.92 Å². The number of rotatable bonds is 6. The molecule has 5 heteroatoms. The van der Waals surface area contributed by atoms with E-state index in [2.05, 4.69) is 5.32 Å². The number of nitrogens with zero attached hydrogens (tertiary/aromatic N) is 1. The van der Waals surface area contributed by atoms with Gasteiger partial charge in [-0.1, -0.05) is 17.7 Å². The minimum absolute atomic E-state index is 0.0160. The molecule has 0 bridgehead atoms. The van der Waals surface area contributed by atoms with Gasteiger partial charge >= 0.3 is 0 Å². The molecule has 1 rings (SSSR count). The van der Waals surface area contributed by atoms with E-state index in [-0.39, 0.29) is 18.4 Å². The number of benzene rings is 1. The number of methoxy groups -OCH3 is 1. The fraction of sp³-hybridized carbons (Fsp3) is 0.429. The minimum atomic E-state index is -0.201. The Morgan fingerprint density at radius 3 is 2.42 bits per heavy atom. The number of hydrogen-bond donors (Lipinski definition) is 1. The van der Waals surface area contributed by atoms with Gasteiger partial charge in [0.2, 0.25) is 11.8 Å². The van der Waals surface area contributed by atoms with Gasteiger partial charge in [-0.3, -0.25) is 9.59 Å². The molecular formula is C14H20N2O3. The number of nitrogens with one attached hydrogen (secondary N) is 1. The number of carbonyl (C=O) groups excluding carboxylic acids is 2. The first-order valence-electron chi connectivity index (χ1n) is 6.15. The van der Waals surface area contributed by atoms with Gasteiger partial charge in [-0.15, -0.1) is 0 Å². The van der Waals surface area contributed by atoms with Gasteiger partial charge in [0.25, 0.3) is 0 Å². The standard InChI is InChI=1S/C14H20N2O3/c1-11-4-6-13(7-5-11)16(12(2)17)10-14(18)15-8-9-19-3/h4-7H,8-10H2,1-3H3,(H,15,18). The molecular weight excluding hydrogens is 244 g/mol. The summed E-state index contributed by atoms with van der Waals surface area (Å²) in [6.07, 6.45) is 0. The third-order valence-electron chi connectivity index (χ3n) is 2.66. The highest BCUT2D eigenvalue weighted by molar-refractivity contribution is 5.97. The van der Waals surface area contributed by atoms with E-state index in [4.69, 9.17) is 4.74 Å². The Bertz CT molecular complexity index is 429. The first-order valence-corrected chi connectivity index (χ1v) is 6.15. The van der Waals surface area contributed by atoms with Crippen molar-refractivity contribution in [2.24, 2.45) is 0 Å². The molecule has 1 aromatic rings. The number of aryl methyl sites for hydroxylation is 1. The lowest BCUT2D eigenvalue weighted by molar-refractivity contribution is -0.123. The molecule has 0 atom stereocenters. The fourth-order valence-corrected chi connectivity index (χ4v) is 1.60. The van der Waals surface area contributed by atoms with Crippen LogP contribution in [-0.4, -0.2) is 38.6 Å². The lowest BCUT2D eigenvalue weighted by Gasteiger charge is -2.20. The number of amides is 2. The van der Waals surface area contributed by atoms with Crippen LogP contribution in [0.3, 0.4) is 0 Å². The topological polar surface area (TPSA) is 58.6 Å². The average Bonchev–Trinajstić information content (AvgIpc) is 2.37. The van der Waals surface area contributed by atoms with Crippen molar-refractivity contribution in [2.45, 2.75) is 13.8 Å². The van der Waals surface area contributed by atoms with E-state index in [1.165, 1.54) is 11.8 Å². The van der Waals surface area contributed by atoms with Crippen molar-refractivity contribution >= 4 is 17.5 Å². The third-order valence-corrected chi connectivity index (χ3v) is 2.66. The summed E-state index contributed by atoms with van der Waals surface area (Å²) in [4.78, 5) is 24.8.